The summed E-state index contributed by atoms with van der Waals surface area (Å²) in [6.07, 6.45) is 1.21. The van der Waals surface area contributed by atoms with Crippen molar-refractivity contribution < 1.29 is 28.3 Å². The largest absolute Gasteiger partial charge is 0.449 e. The van der Waals surface area contributed by atoms with E-state index in [0.717, 1.165) is 22.7 Å². The Morgan fingerprint density at radius 1 is 1.38 bits per heavy atom. The van der Waals surface area contributed by atoms with Gasteiger partial charge in [0.05, 0.1) is 5.75 Å². The van der Waals surface area contributed by atoms with Crippen LogP contribution in [0.4, 0.5) is 9.18 Å². The average Bonchev–Trinajstić information content (AvgIpc) is 2.92. The molecule has 1 aromatic carbocycles. The molecule has 1 N–H and O–H groups in total. The van der Waals surface area contributed by atoms with Crippen molar-refractivity contribution in [1.29, 1.82) is 0 Å². The van der Waals surface area contributed by atoms with Crippen molar-refractivity contribution in [3.63, 3.8) is 0 Å². The van der Waals surface area contributed by atoms with Gasteiger partial charge in [0, 0.05) is 24.7 Å². The van der Waals surface area contributed by atoms with Crippen LogP contribution >= 0.6 is 11.8 Å². The standard InChI is InChI=1S/C17H17FN2O5S/c1-11(16(23)19-8-9-20-14(21)10-26-17(20)24)25-15(22)7-6-12-4-2-3-5-13(12)18/h2-7,11H,8-10H2,1H3,(H,19,23)/b7-6+/t11-/m1/s1. The van der Waals surface area contributed by atoms with Crippen LogP contribution in [0.3, 0.4) is 0 Å². The molecule has 0 spiro atoms. The van der Waals surface area contributed by atoms with Crippen molar-refractivity contribution >= 4 is 40.9 Å². The number of carbonyl (C=O) groups excluding carboxylic acids is 4. The third-order valence-electron chi connectivity index (χ3n) is 3.44. The maximum atomic E-state index is 13.4. The van der Waals surface area contributed by atoms with E-state index in [4.69, 9.17) is 4.74 Å². The molecule has 1 aliphatic heterocycles. The summed E-state index contributed by atoms with van der Waals surface area (Å²) in [6.45, 7) is 1.50. The molecule has 0 unspecified atom stereocenters. The lowest BCUT2D eigenvalue weighted by Gasteiger charge is -2.15. The molecule has 138 valence electrons. The van der Waals surface area contributed by atoms with Crippen LogP contribution in [0, 0.1) is 5.82 Å². The number of thioether (sulfide) groups is 1. The first-order chi connectivity index (χ1) is 12.4. The topological polar surface area (TPSA) is 92.8 Å². The predicted octanol–water partition coefficient (Wildman–Crippen LogP) is 1.58. The number of esters is 1. The van der Waals surface area contributed by atoms with Crippen molar-refractivity contribution in [3.8, 4) is 0 Å². The lowest BCUT2D eigenvalue weighted by atomic mass is 10.2. The normalized spacial score (nSPS) is 15.4. The Balaban J connectivity index is 1.75. The maximum Gasteiger partial charge on any atom is 0.331 e. The molecule has 1 aromatic rings. The van der Waals surface area contributed by atoms with Gasteiger partial charge in [-0.05, 0) is 19.1 Å². The van der Waals surface area contributed by atoms with Crippen molar-refractivity contribution in [1.82, 2.24) is 10.2 Å². The van der Waals surface area contributed by atoms with Gasteiger partial charge in [0.1, 0.15) is 5.82 Å². The lowest BCUT2D eigenvalue weighted by molar-refractivity contribution is -0.150. The van der Waals surface area contributed by atoms with E-state index in [2.05, 4.69) is 5.32 Å². The number of halogens is 1. The monoisotopic (exact) mass is 380 g/mol. The molecule has 0 bridgehead atoms. The van der Waals surface area contributed by atoms with Crippen LogP contribution in [-0.2, 0) is 19.1 Å². The summed E-state index contributed by atoms with van der Waals surface area (Å²) in [7, 11) is 0. The summed E-state index contributed by atoms with van der Waals surface area (Å²) in [5, 5.41) is 2.14. The van der Waals surface area contributed by atoms with Crippen LogP contribution < -0.4 is 5.32 Å². The highest BCUT2D eigenvalue weighted by atomic mass is 32.2. The van der Waals surface area contributed by atoms with E-state index in [1.807, 2.05) is 0 Å². The molecule has 7 nitrogen and oxygen atoms in total. The van der Waals surface area contributed by atoms with E-state index in [9.17, 15) is 23.6 Å². The third-order valence-corrected chi connectivity index (χ3v) is 4.30. The number of hydrogen-bond acceptors (Lipinski definition) is 6. The Morgan fingerprint density at radius 2 is 2.12 bits per heavy atom. The van der Waals surface area contributed by atoms with Crippen LogP contribution in [-0.4, -0.2) is 52.9 Å². The third kappa shape index (κ3) is 5.41. The molecule has 26 heavy (non-hydrogen) atoms. The Hall–Kier alpha value is -2.68. The molecule has 3 amide bonds. The highest BCUT2D eigenvalue weighted by molar-refractivity contribution is 8.14. The van der Waals surface area contributed by atoms with Gasteiger partial charge in [0.25, 0.3) is 11.1 Å². The van der Waals surface area contributed by atoms with Gasteiger partial charge in [-0.25, -0.2) is 9.18 Å². The molecule has 0 radical (unpaired) electrons. The van der Waals surface area contributed by atoms with E-state index in [1.165, 1.54) is 31.2 Å². The number of nitrogens with one attached hydrogen (secondary N) is 1. The number of benzene rings is 1. The van der Waals surface area contributed by atoms with Gasteiger partial charge < -0.3 is 10.1 Å². The summed E-state index contributed by atoms with van der Waals surface area (Å²) in [6, 6.07) is 5.90. The lowest BCUT2D eigenvalue weighted by Crippen LogP contribution is -2.41. The summed E-state index contributed by atoms with van der Waals surface area (Å²) in [5.41, 5.74) is 0.222. The zero-order valence-electron chi connectivity index (χ0n) is 13.9. The van der Waals surface area contributed by atoms with Crippen LogP contribution in [0.1, 0.15) is 12.5 Å². The minimum atomic E-state index is -1.08. The van der Waals surface area contributed by atoms with Crippen LogP contribution in [0.25, 0.3) is 6.08 Å². The van der Waals surface area contributed by atoms with Crippen molar-refractivity contribution in [2.45, 2.75) is 13.0 Å². The number of nitrogens with zero attached hydrogens (tertiary/aromatic N) is 1. The molecule has 1 heterocycles. The Bertz CT molecular complexity index is 736. The van der Waals surface area contributed by atoms with Crippen molar-refractivity contribution in [3.05, 3.63) is 41.7 Å². The molecule has 0 saturated carbocycles. The van der Waals surface area contributed by atoms with Crippen molar-refractivity contribution in [2.24, 2.45) is 0 Å². The second-order valence-corrected chi connectivity index (χ2v) is 6.25. The maximum absolute atomic E-state index is 13.4. The SMILES string of the molecule is C[C@@H](OC(=O)/C=C/c1ccccc1F)C(=O)NCCN1C(=O)CSC1=O. The Morgan fingerprint density at radius 3 is 2.77 bits per heavy atom. The number of rotatable bonds is 7. The van der Waals surface area contributed by atoms with Gasteiger partial charge in [0.15, 0.2) is 6.10 Å². The summed E-state index contributed by atoms with van der Waals surface area (Å²) in [5.74, 6) is -2.03. The molecule has 0 aliphatic carbocycles. The molecular formula is C17H17FN2O5S. The molecule has 1 atom stereocenters. The smallest absolute Gasteiger partial charge is 0.331 e. The first kappa shape index (κ1) is 19.6. The molecule has 0 aromatic heterocycles. The summed E-state index contributed by atoms with van der Waals surface area (Å²) < 4.78 is 18.4. The summed E-state index contributed by atoms with van der Waals surface area (Å²) >= 11 is 0.913. The van der Waals surface area contributed by atoms with Gasteiger partial charge in [-0.1, -0.05) is 30.0 Å². The number of carbonyl (C=O) groups is 4. The minimum Gasteiger partial charge on any atom is -0.449 e. The number of amides is 3. The molecular weight excluding hydrogens is 363 g/mol. The average molecular weight is 380 g/mol. The zero-order valence-corrected chi connectivity index (χ0v) is 14.8. The highest BCUT2D eigenvalue weighted by Gasteiger charge is 2.29. The van der Waals surface area contributed by atoms with Gasteiger partial charge in [-0.2, -0.15) is 0 Å². The zero-order chi connectivity index (χ0) is 19.1. The first-order valence-corrected chi connectivity index (χ1v) is 8.75. The molecule has 1 fully saturated rings. The van der Waals surface area contributed by atoms with E-state index < -0.39 is 23.8 Å². The molecule has 9 heteroatoms. The molecule has 1 saturated heterocycles. The fourth-order valence-corrected chi connectivity index (χ4v) is 2.82. The number of hydrogen-bond donors (Lipinski definition) is 1. The summed E-state index contributed by atoms with van der Waals surface area (Å²) in [4.78, 5) is 47.5. The Kier molecular flexibility index (Phi) is 6.90. The highest BCUT2D eigenvalue weighted by Crippen LogP contribution is 2.17. The van der Waals surface area contributed by atoms with Crippen LogP contribution in [0.15, 0.2) is 30.3 Å². The fraction of sp³-hybridized carbons (Fsp3) is 0.294. The molecule has 1 aliphatic rings. The van der Waals surface area contributed by atoms with Gasteiger partial charge in [-0.3, -0.25) is 19.3 Å². The van der Waals surface area contributed by atoms with E-state index in [-0.39, 0.29) is 35.6 Å². The second-order valence-electron chi connectivity index (χ2n) is 5.32. The van der Waals surface area contributed by atoms with E-state index in [0.29, 0.717) is 0 Å². The quantitative estimate of drug-likeness (QED) is 0.570. The minimum absolute atomic E-state index is 0.0594. The van der Waals surface area contributed by atoms with Crippen LogP contribution in [0.2, 0.25) is 0 Å². The Labute approximate surface area is 153 Å². The van der Waals surface area contributed by atoms with E-state index in [1.54, 1.807) is 6.07 Å². The van der Waals surface area contributed by atoms with Crippen LogP contribution in [0.5, 0.6) is 0 Å². The van der Waals surface area contributed by atoms with Gasteiger partial charge >= 0.3 is 5.97 Å². The van der Waals surface area contributed by atoms with E-state index >= 15 is 0 Å². The van der Waals surface area contributed by atoms with Crippen molar-refractivity contribution in [2.75, 3.05) is 18.8 Å². The predicted molar refractivity (Wildman–Crippen MR) is 93.6 cm³/mol. The van der Waals surface area contributed by atoms with Gasteiger partial charge in [-0.15, -0.1) is 0 Å². The van der Waals surface area contributed by atoms with Gasteiger partial charge in [0.2, 0.25) is 5.91 Å². The number of ether oxygens (including phenoxy) is 1. The molecule has 2 rings (SSSR count). The number of imide groups is 1. The first-order valence-electron chi connectivity index (χ1n) is 7.76. The fourth-order valence-electron chi connectivity index (χ4n) is 2.07. The second kappa shape index (κ2) is 9.14.